The van der Waals surface area contributed by atoms with Crippen molar-refractivity contribution < 1.29 is 22.7 Å². The van der Waals surface area contributed by atoms with Crippen molar-refractivity contribution in [3.05, 3.63) is 11.8 Å². The van der Waals surface area contributed by atoms with E-state index in [9.17, 15) is 18.0 Å². The van der Waals surface area contributed by atoms with E-state index in [1.165, 1.54) is 0 Å². The molecule has 0 radical (unpaired) electrons. The number of aromatic nitrogens is 2. The number of amides is 1. The zero-order valence-electron chi connectivity index (χ0n) is 9.62. The summed E-state index contributed by atoms with van der Waals surface area (Å²) in [6.45, 7) is 2.45. The van der Waals surface area contributed by atoms with Gasteiger partial charge >= 0.3 is 12.1 Å². The Labute approximate surface area is 101 Å². The molecule has 0 bridgehead atoms. The van der Waals surface area contributed by atoms with Gasteiger partial charge in [-0.25, -0.2) is 4.68 Å². The smallest absolute Gasteiger partial charge is 0.471 e. The molecule has 5 nitrogen and oxygen atoms in total. The second-order valence-corrected chi connectivity index (χ2v) is 4.20. The highest BCUT2D eigenvalue weighted by atomic mass is 19.4. The summed E-state index contributed by atoms with van der Waals surface area (Å²) in [5.74, 6) is -1.51. The van der Waals surface area contributed by atoms with Crippen molar-refractivity contribution in [2.24, 2.45) is 5.92 Å². The van der Waals surface area contributed by atoms with Crippen molar-refractivity contribution in [3.63, 3.8) is 0 Å². The molecule has 1 aromatic heterocycles. The van der Waals surface area contributed by atoms with E-state index in [1.807, 2.05) is 12.2 Å². The molecule has 1 atom stereocenters. The fraction of sp³-hybridized carbons (Fsp3) is 0.600. The normalized spacial score (nSPS) is 19.0. The number of fused-ring (bicyclic) bond motifs is 1. The number of halogens is 3. The Hall–Kier alpha value is -1.73. The summed E-state index contributed by atoms with van der Waals surface area (Å²) in [5.41, 5.74) is 0.882. The summed E-state index contributed by atoms with van der Waals surface area (Å²) in [6, 6.07) is 0. The van der Waals surface area contributed by atoms with Crippen LogP contribution in [0.4, 0.5) is 13.2 Å². The van der Waals surface area contributed by atoms with Crippen LogP contribution in [0, 0.1) is 12.8 Å². The number of nitrogens with zero attached hydrogens (tertiary/aromatic N) is 2. The van der Waals surface area contributed by atoms with Gasteiger partial charge in [0.1, 0.15) is 0 Å². The average molecular weight is 263 g/mol. The molecule has 0 aliphatic carbocycles. The van der Waals surface area contributed by atoms with Gasteiger partial charge in [0, 0.05) is 18.0 Å². The van der Waals surface area contributed by atoms with Crippen molar-refractivity contribution in [1.29, 1.82) is 0 Å². The highest BCUT2D eigenvalue weighted by Gasteiger charge is 2.38. The van der Waals surface area contributed by atoms with Gasteiger partial charge in [0.15, 0.2) is 0 Å². The van der Waals surface area contributed by atoms with Crippen molar-refractivity contribution in [2.75, 3.05) is 13.2 Å². The maximum absolute atomic E-state index is 12.0. The maximum Gasteiger partial charge on any atom is 0.471 e. The van der Waals surface area contributed by atoms with E-state index >= 15 is 0 Å². The molecular formula is C10H12F3N3O2. The number of carbonyl (C=O) groups excluding carboxylic acids is 1. The molecule has 2 heterocycles. The number of alkyl halides is 3. The van der Waals surface area contributed by atoms with Crippen LogP contribution in [0.1, 0.15) is 5.56 Å². The molecule has 1 amide bonds. The third-order valence-corrected chi connectivity index (χ3v) is 2.66. The van der Waals surface area contributed by atoms with Crippen LogP contribution in [-0.2, 0) is 11.3 Å². The maximum atomic E-state index is 12.0. The molecule has 0 spiro atoms. The van der Waals surface area contributed by atoms with E-state index in [-0.39, 0.29) is 19.1 Å². The number of carbonyl (C=O) groups is 1. The highest BCUT2D eigenvalue weighted by molar-refractivity contribution is 5.81. The fourth-order valence-electron chi connectivity index (χ4n) is 1.74. The van der Waals surface area contributed by atoms with Gasteiger partial charge in [-0.2, -0.15) is 18.3 Å². The van der Waals surface area contributed by atoms with Gasteiger partial charge in [-0.05, 0) is 6.92 Å². The van der Waals surface area contributed by atoms with Crippen LogP contribution in [0.15, 0.2) is 6.20 Å². The number of aryl methyl sites for hydroxylation is 1. The van der Waals surface area contributed by atoms with Gasteiger partial charge in [-0.1, -0.05) is 0 Å². The summed E-state index contributed by atoms with van der Waals surface area (Å²) in [7, 11) is 0. The predicted octanol–water partition coefficient (Wildman–Crippen LogP) is 0.879. The quantitative estimate of drug-likeness (QED) is 0.861. The molecule has 1 aliphatic heterocycles. The van der Waals surface area contributed by atoms with E-state index < -0.39 is 12.1 Å². The molecule has 0 saturated heterocycles. The Morgan fingerprint density at radius 1 is 1.67 bits per heavy atom. The zero-order chi connectivity index (χ0) is 13.3. The molecule has 0 saturated carbocycles. The topological polar surface area (TPSA) is 56.1 Å². The van der Waals surface area contributed by atoms with Crippen molar-refractivity contribution in [2.45, 2.75) is 19.6 Å². The standard InChI is InChI=1S/C10H12F3N3O2/c1-6-2-15-16-4-7(5-18-8(6)16)3-14-9(17)10(11,12)13/h2,7H,3-5H2,1H3,(H,14,17). The molecule has 1 aromatic rings. The van der Waals surface area contributed by atoms with Gasteiger partial charge < -0.3 is 10.1 Å². The Morgan fingerprint density at radius 2 is 2.39 bits per heavy atom. The van der Waals surface area contributed by atoms with Crippen LogP contribution in [0.3, 0.4) is 0 Å². The molecule has 2 rings (SSSR count). The summed E-state index contributed by atoms with van der Waals surface area (Å²) >= 11 is 0. The molecule has 0 fully saturated rings. The van der Waals surface area contributed by atoms with Crippen molar-refractivity contribution in [1.82, 2.24) is 15.1 Å². The second-order valence-electron chi connectivity index (χ2n) is 4.20. The average Bonchev–Trinajstić information content (AvgIpc) is 2.66. The summed E-state index contributed by atoms with van der Waals surface area (Å²) in [6.07, 6.45) is -3.21. The predicted molar refractivity (Wildman–Crippen MR) is 55.0 cm³/mol. The fourth-order valence-corrected chi connectivity index (χ4v) is 1.74. The van der Waals surface area contributed by atoms with Crippen LogP contribution in [0.25, 0.3) is 0 Å². The molecule has 18 heavy (non-hydrogen) atoms. The monoisotopic (exact) mass is 263 g/mol. The van der Waals surface area contributed by atoms with Crippen molar-refractivity contribution in [3.8, 4) is 5.88 Å². The van der Waals surface area contributed by atoms with Gasteiger partial charge in [0.25, 0.3) is 0 Å². The summed E-state index contributed by atoms with van der Waals surface area (Å²) in [5, 5.41) is 5.88. The molecule has 1 unspecified atom stereocenters. The first-order valence-electron chi connectivity index (χ1n) is 5.38. The van der Waals surface area contributed by atoms with Crippen LogP contribution >= 0.6 is 0 Å². The van der Waals surface area contributed by atoms with Gasteiger partial charge in [0.2, 0.25) is 5.88 Å². The molecular weight excluding hydrogens is 251 g/mol. The summed E-state index contributed by atoms with van der Waals surface area (Å²) in [4.78, 5) is 10.7. The first kappa shape index (κ1) is 12.7. The van der Waals surface area contributed by atoms with E-state index in [4.69, 9.17) is 4.74 Å². The van der Waals surface area contributed by atoms with Crippen LogP contribution in [0.2, 0.25) is 0 Å². The Kier molecular flexibility index (Phi) is 3.18. The Bertz CT molecular complexity index is 456. The number of hydrogen-bond acceptors (Lipinski definition) is 3. The third-order valence-electron chi connectivity index (χ3n) is 2.66. The number of hydrogen-bond donors (Lipinski definition) is 1. The minimum Gasteiger partial charge on any atom is -0.477 e. The molecule has 8 heteroatoms. The van der Waals surface area contributed by atoms with E-state index in [0.29, 0.717) is 12.4 Å². The van der Waals surface area contributed by atoms with Crippen LogP contribution in [-0.4, -0.2) is 35.0 Å². The largest absolute Gasteiger partial charge is 0.477 e. The summed E-state index contributed by atoms with van der Waals surface area (Å²) < 4.78 is 42.9. The molecule has 1 N–H and O–H groups in total. The van der Waals surface area contributed by atoms with E-state index in [1.54, 1.807) is 10.9 Å². The SMILES string of the molecule is Cc1cnn2c1OCC(CNC(=O)C(F)(F)F)C2. The molecule has 100 valence electrons. The van der Waals surface area contributed by atoms with Gasteiger partial charge in [-0.15, -0.1) is 0 Å². The number of rotatable bonds is 2. The van der Waals surface area contributed by atoms with E-state index in [2.05, 4.69) is 5.10 Å². The Balaban J connectivity index is 1.89. The second kappa shape index (κ2) is 4.51. The lowest BCUT2D eigenvalue weighted by atomic mass is 10.1. The van der Waals surface area contributed by atoms with Gasteiger partial charge in [-0.3, -0.25) is 4.79 Å². The van der Waals surface area contributed by atoms with Crippen molar-refractivity contribution >= 4 is 5.91 Å². The minimum atomic E-state index is -4.84. The first-order valence-corrected chi connectivity index (χ1v) is 5.38. The van der Waals surface area contributed by atoms with E-state index in [0.717, 1.165) is 5.56 Å². The Morgan fingerprint density at radius 3 is 3.06 bits per heavy atom. The highest BCUT2D eigenvalue weighted by Crippen LogP contribution is 2.23. The lowest BCUT2D eigenvalue weighted by molar-refractivity contribution is -0.173. The third kappa shape index (κ3) is 2.57. The lowest BCUT2D eigenvalue weighted by Crippen LogP contribution is -2.42. The minimum absolute atomic E-state index is 0.0866. The first-order chi connectivity index (χ1) is 8.38. The molecule has 1 aliphatic rings. The lowest BCUT2D eigenvalue weighted by Gasteiger charge is -2.24. The molecule has 0 aromatic carbocycles. The van der Waals surface area contributed by atoms with Crippen LogP contribution < -0.4 is 10.1 Å². The number of ether oxygens (including phenoxy) is 1. The van der Waals surface area contributed by atoms with Crippen LogP contribution in [0.5, 0.6) is 5.88 Å². The van der Waals surface area contributed by atoms with Gasteiger partial charge in [0.05, 0.1) is 19.3 Å². The number of nitrogens with one attached hydrogen (secondary N) is 1. The zero-order valence-corrected chi connectivity index (χ0v) is 9.62.